The van der Waals surface area contributed by atoms with Crippen LogP contribution in [-0.2, 0) is 4.79 Å². The van der Waals surface area contributed by atoms with Gasteiger partial charge in [0, 0.05) is 17.5 Å². The summed E-state index contributed by atoms with van der Waals surface area (Å²) in [4.78, 5) is 15.0. The van der Waals surface area contributed by atoms with E-state index in [0.717, 1.165) is 19.4 Å². The SMILES string of the molecule is CSc1ccc(C(C)N2CCCC(C)(C(=O)O)C2)cc1. The van der Waals surface area contributed by atoms with Gasteiger partial charge in [0.05, 0.1) is 5.41 Å². The molecule has 2 rings (SSSR count). The maximum absolute atomic E-state index is 11.4. The molecule has 20 heavy (non-hydrogen) atoms. The minimum Gasteiger partial charge on any atom is -0.481 e. The van der Waals surface area contributed by atoms with Crippen LogP contribution in [-0.4, -0.2) is 35.3 Å². The summed E-state index contributed by atoms with van der Waals surface area (Å²) < 4.78 is 0. The van der Waals surface area contributed by atoms with Crippen LogP contribution in [0.25, 0.3) is 0 Å². The van der Waals surface area contributed by atoms with Crippen molar-refractivity contribution in [1.29, 1.82) is 0 Å². The number of piperidine rings is 1. The van der Waals surface area contributed by atoms with Crippen LogP contribution in [0, 0.1) is 5.41 Å². The van der Waals surface area contributed by atoms with Crippen molar-refractivity contribution >= 4 is 17.7 Å². The molecule has 1 aliphatic heterocycles. The molecule has 1 N–H and O–H groups in total. The molecule has 1 saturated heterocycles. The first-order chi connectivity index (χ1) is 9.46. The predicted octanol–water partition coefficient (Wildman–Crippen LogP) is 3.66. The van der Waals surface area contributed by atoms with E-state index in [-0.39, 0.29) is 6.04 Å². The fourth-order valence-corrected chi connectivity index (χ4v) is 3.29. The van der Waals surface area contributed by atoms with Crippen LogP contribution < -0.4 is 0 Å². The van der Waals surface area contributed by atoms with Gasteiger partial charge in [-0.1, -0.05) is 12.1 Å². The second-order valence-corrected chi connectivity index (χ2v) is 6.77. The van der Waals surface area contributed by atoms with Crippen LogP contribution in [0.1, 0.15) is 38.3 Å². The molecule has 1 fully saturated rings. The zero-order chi connectivity index (χ0) is 14.8. The summed E-state index contributed by atoms with van der Waals surface area (Å²) in [5.41, 5.74) is 0.656. The Bertz CT molecular complexity index is 474. The zero-order valence-electron chi connectivity index (χ0n) is 12.4. The molecule has 1 aromatic carbocycles. The van der Waals surface area contributed by atoms with Gasteiger partial charge in [-0.25, -0.2) is 0 Å². The molecule has 0 aromatic heterocycles. The molecule has 4 heteroatoms. The van der Waals surface area contributed by atoms with Gasteiger partial charge in [-0.15, -0.1) is 11.8 Å². The summed E-state index contributed by atoms with van der Waals surface area (Å²) in [6, 6.07) is 8.85. The topological polar surface area (TPSA) is 40.5 Å². The van der Waals surface area contributed by atoms with E-state index in [1.807, 2.05) is 6.92 Å². The minimum atomic E-state index is -0.674. The van der Waals surface area contributed by atoms with E-state index in [1.165, 1.54) is 10.5 Å². The lowest BCUT2D eigenvalue weighted by Gasteiger charge is -2.40. The number of carboxylic acid groups (broad SMARTS) is 1. The second-order valence-electron chi connectivity index (χ2n) is 5.89. The van der Waals surface area contributed by atoms with E-state index in [0.29, 0.717) is 6.54 Å². The minimum absolute atomic E-state index is 0.268. The smallest absolute Gasteiger partial charge is 0.310 e. The molecule has 0 spiro atoms. The number of benzene rings is 1. The number of hydrogen-bond donors (Lipinski definition) is 1. The molecule has 2 atom stereocenters. The first kappa shape index (κ1) is 15.4. The molecule has 3 nitrogen and oxygen atoms in total. The van der Waals surface area contributed by atoms with Crippen LogP contribution in [0.5, 0.6) is 0 Å². The van der Waals surface area contributed by atoms with Crippen LogP contribution in [0.2, 0.25) is 0 Å². The molecule has 0 radical (unpaired) electrons. The van der Waals surface area contributed by atoms with E-state index >= 15 is 0 Å². The highest BCUT2D eigenvalue weighted by molar-refractivity contribution is 7.98. The number of hydrogen-bond acceptors (Lipinski definition) is 3. The van der Waals surface area contributed by atoms with E-state index in [4.69, 9.17) is 0 Å². The number of carbonyl (C=O) groups is 1. The third kappa shape index (κ3) is 3.18. The molecule has 1 aliphatic rings. The Hall–Kier alpha value is -1.00. The first-order valence-electron chi connectivity index (χ1n) is 7.08. The van der Waals surface area contributed by atoms with Crippen LogP contribution in [0.3, 0.4) is 0 Å². The lowest BCUT2D eigenvalue weighted by Crippen LogP contribution is -2.46. The number of thioether (sulfide) groups is 1. The molecule has 0 aliphatic carbocycles. The molecule has 0 bridgehead atoms. The van der Waals surface area contributed by atoms with Gasteiger partial charge in [0.15, 0.2) is 0 Å². The largest absolute Gasteiger partial charge is 0.481 e. The summed E-state index contributed by atoms with van der Waals surface area (Å²) in [5, 5.41) is 9.41. The van der Waals surface area contributed by atoms with E-state index in [9.17, 15) is 9.90 Å². The average Bonchev–Trinajstić information content (AvgIpc) is 2.46. The molecule has 0 saturated carbocycles. The Morgan fingerprint density at radius 1 is 1.40 bits per heavy atom. The average molecular weight is 293 g/mol. The first-order valence-corrected chi connectivity index (χ1v) is 8.30. The van der Waals surface area contributed by atoms with Crippen molar-refractivity contribution < 1.29 is 9.90 Å². The van der Waals surface area contributed by atoms with Gasteiger partial charge in [-0.3, -0.25) is 9.69 Å². The standard InChI is InChI=1S/C16H23NO2S/c1-12(13-5-7-14(20-3)8-6-13)17-10-4-9-16(2,11-17)15(18)19/h5-8,12H,4,9-11H2,1-3H3,(H,18,19). The molecule has 110 valence electrons. The molecule has 2 unspecified atom stereocenters. The Morgan fingerprint density at radius 3 is 2.60 bits per heavy atom. The van der Waals surface area contributed by atoms with Gasteiger partial charge in [0.2, 0.25) is 0 Å². The normalized spacial score (nSPS) is 25.4. The van der Waals surface area contributed by atoms with Crippen LogP contribution in [0.15, 0.2) is 29.2 Å². The fourth-order valence-electron chi connectivity index (χ4n) is 2.88. The maximum Gasteiger partial charge on any atom is 0.310 e. The van der Waals surface area contributed by atoms with Crippen LogP contribution >= 0.6 is 11.8 Å². The van der Waals surface area contributed by atoms with Crippen molar-refractivity contribution in [3.63, 3.8) is 0 Å². The lowest BCUT2D eigenvalue weighted by molar-refractivity contribution is -0.151. The van der Waals surface area contributed by atoms with Crippen molar-refractivity contribution in [1.82, 2.24) is 4.90 Å². The van der Waals surface area contributed by atoms with Gasteiger partial charge in [0.25, 0.3) is 0 Å². The maximum atomic E-state index is 11.4. The summed E-state index contributed by atoms with van der Waals surface area (Å²) in [5.74, 6) is -0.674. The Balaban J connectivity index is 2.11. The number of carboxylic acids is 1. The third-order valence-electron chi connectivity index (χ3n) is 4.39. The number of nitrogens with zero attached hydrogens (tertiary/aromatic N) is 1. The Kier molecular flexibility index (Phi) is 4.76. The van der Waals surface area contributed by atoms with Crippen molar-refractivity contribution in [2.45, 2.75) is 37.6 Å². The van der Waals surface area contributed by atoms with Gasteiger partial charge in [0.1, 0.15) is 0 Å². The van der Waals surface area contributed by atoms with E-state index in [2.05, 4.69) is 42.3 Å². The molecular weight excluding hydrogens is 270 g/mol. The second kappa shape index (κ2) is 6.19. The Labute approximate surface area is 125 Å². The van der Waals surface area contributed by atoms with Crippen molar-refractivity contribution in [3.05, 3.63) is 29.8 Å². The molecule has 1 aromatic rings. The number of aliphatic carboxylic acids is 1. The van der Waals surface area contributed by atoms with Crippen molar-refractivity contribution in [3.8, 4) is 0 Å². The molecular formula is C16H23NO2S. The highest BCUT2D eigenvalue weighted by Gasteiger charge is 2.39. The van der Waals surface area contributed by atoms with Gasteiger partial charge in [-0.05, 0) is 57.2 Å². The zero-order valence-corrected chi connectivity index (χ0v) is 13.2. The van der Waals surface area contributed by atoms with Gasteiger partial charge >= 0.3 is 5.97 Å². The van der Waals surface area contributed by atoms with Crippen LogP contribution in [0.4, 0.5) is 0 Å². The number of rotatable bonds is 4. The highest BCUT2D eigenvalue weighted by Crippen LogP contribution is 2.34. The summed E-state index contributed by atoms with van der Waals surface area (Å²) in [7, 11) is 0. The number of likely N-dealkylation sites (tertiary alicyclic amines) is 1. The van der Waals surface area contributed by atoms with E-state index < -0.39 is 11.4 Å². The van der Waals surface area contributed by atoms with Crippen molar-refractivity contribution in [2.24, 2.45) is 5.41 Å². The summed E-state index contributed by atoms with van der Waals surface area (Å²) >= 11 is 1.74. The quantitative estimate of drug-likeness (QED) is 0.860. The molecule has 1 heterocycles. The monoisotopic (exact) mass is 293 g/mol. The van der Waals surface area contributed by atoms with Crippen molar-refractivity contribution in [2.75, 3.05) is 19.3 Å². The van der Waals surface area contributed by atoms with Gasteiger partial charge in [-0.2, -0.15) is 0 Å². The fraction of sp³-hybridized carbons (Fsp3) is 0.562. The summed E-state index contributed by atoms with van der Waals surface area (Å²) in [6.07, 6.45) is 3.80. The lowest BCUT2D eigenvalue weighted by atomic mass is 9.81. The van der Waals surface area contributed by atoms with E-state index in [1.54, 1.807) is 11.8 Å². The molecule has 0 amide bonds. The third-order valence-corrected chi connectivity index (χ3v) is 5.13. The predicted molar refractivity (Wildman–Crippen MR) is 83.2 cm³/mol. The Morgan fingerprint density at radius 2 is 2.05 bits per heavy atom. The summed E-state index contributed by atoms with van der Waals surface area (Å²) in [6.45, 7) is 5.65. The van der Waals surface area contributed by atoms with Gasteiger partial charge < -0.3 is 5.11 Å². The highest BCUT2D eigenvalue weighted by atomic mass is 32.2.